The van der Waals surface area contributed by atoms with Crippen molar-refractivity contribution in [2.75, 3.05) is 18.0 Å². The van der Waals surface area contributed by atoms with Crippen LogP contribution in [0.2, 0.25) is 0 Å². The maximum Gasteiger partial charge on any atom is 0.254 e. The van der Waals surface area contributed by atoms with Gasteiger partial charge in [0.2, 0.25) is 5.91 Å². The third kappa shape index (κ3) is 4.61. The maximum atomic E-state index is 14.2. The number of hydrogen-bond donors (Lipinski definition) is 0. The molecule has 0 spiro atoms. The van der Waals surface area contributed by atoms with Gasteiger partial charge in [-0.2, -0.15) is 0 Å². The third-order valence-corrected chi connectivity index (χ3v) is 7.12. The van der Waals surface area contributed by atoms with Crippen LogP contribution in [0, 0.1) is 0 Å². The van der Waals surface area contributed by atoms with E-state index in [4.69, 9.17) is 0 Å². The standard InChI is InChI=1S/C30H28BrN3O2/c1-2-3-19-32(30(36)23-15-17-24(31)18-16-23)21-28(35)34-26-13-8-7-12-25(26)33-20-9-14-27(33)29(34)22-10-5-4-6-11-22/h4-18,20,29H,2-3,19,21H2,1H3. The zero-order valence-electron chi connectivity index (χ0n) is 20.2. The second-order valence-electron chi connectivity index (χ2n) is 8.96. The Labute approximate surface area is 220 Å². The van der Waals surface area contributed by atoms with E-state index in [-0.39, 0.29) is 24.4 Å². The molecule has 0 radical (unpaired) electrons. The molecule has 3 aromatic carbocycles. The number of hydrogen-bond acceptors (Lipinski definition) is 2. The highest BCUT2D eigenvalue weighted by Gasteiger charge is 2.36. The molecule has 0 aliphatic carbocycles. The van der Waals surface area contributed by atoms with E-state index in [0.29, 0.717) is 12.1 Å². The number of para-hydroxylation sites is 2. The van der Waals surface area contributed by atoms with Crippen LogP contribution < -0.4 is 4.90 Å². The Morgan fingerprint density at radius 1 is 0.861 bits per heavy atom. The Morgan fingerprint density at radius 2 is 1.56 bits per heavy atom. The van der Waals surface area contributed by atoms with Crippen molar-refractivity contribution in [2.24, 2.45) is 0 Å². The van der Waals surface area contributed by atoms with Crippen LogP contribution in [0.3, 0.4) is 0 Å². The molecular weight excluding hydrogens is 514 g/mol. The number of rotatable bonds is 7. The zero-order chi connectivity index (χ0) is 25.1. The Morgan fingerprint density at radius 3 is 2.28 bits per heavy atom. The molecule has 1 unspecified atom stereocenters. The lowest BCUT2D eigenvalue weighted by atomic mass is 9.97. The van der Waals surface area contributed by atoms with E-state index in [2.05, 4.69) is 45.6 Å². The second kappa shape index (κ2) is 10.5. The minimum absolute atomic E-state index is 0.00722. The number of unbranched alkanes of at least 4 members (excludes halogenated alkanes) is 1. The van der Waals surface area contributed by atoms with Crippen molar-refractivity contribution in [3.63, 3.8) is 0 Å². The van der Waals surface area contributed by atoms with Crippen LogP contribution in [0.25, 0.3) is 5.69 Å². The lowest BCUT2D eigenvalue weighted by Gasteiger charge is -2.39. The van der Waals surface area contributed by atoms with Crippen LogP contribution in [-0.4, -0.2) is 34.4 Å². The molecule has 0 saturated carbocycles. The maximum absolute atomic E-state index is 14.2. The van der Waals surface area contributed by atoms with Crippen molar-refractivity contribution in [1.29, 1.82) is 0 Å². The summed E-state index contributed by atoms with van der Waals surface area (Å²) in [5, 5.41) is 0. The highest BCUT2D eigenvalue weighted by Crippen LogP contribution is 2.42. The third-order valence-electron chi connectivity index (χ3n) is 6.59. The van der Waals surface area contributed by atoms with Gasteiger partial charge in [0, 0.05) is 22.8 Å². The molecule has 1 atom stereocenters. The normalized spacial score (nSPS) is 14.2. The Kier molecular flexibility index (Phi) is 7.05. The summed E-state index contributed by atoms with van der Waals surface area (Å²) < 4.78 is 3.06. The Balaban J connectivity index is 1.54. The molecule has 36 heavy (non-hydrogen) atoms. The fourth-order valence-electron chi connectivity index (χ4n) is 4.83. The number of fused-ring (bicyclic) bond motifs is 3. The van der Waals surface area contributed by atoms with Gasteiger partial charge in [-0.1, -0.05) is 71.7 Å². The number of amides is 2. The quantitative estimate of drug-likeness (QED) is 0.264. The SMILES string of the molecule is CCCCN(CC(=O)N1c2ccccc2-n2cccc2C1c1ccccc1)C(=O)c1ccc(Br)cc1. The molecule has 182 valence electrons. The highest BCUT2D eigenvalue weighted by atomic mass is 79.9. The first-order valence-electron chi connectivity index (χ1n) is 12.3. The molecule has 5 nitrogen and oxygen atoms in total. The summed E-state index contributed by atoms with van der Waals surface area (Å²) in [5.74, 6) is -0.237. The summed E-state index contributed by atoms with van der Waals surface area (Å²) in [6.07, 6.45) is 3.80. The molecule has 4 aromatic rings. The minimum atomic E-state index is -0.292. The predicted molar refractivity (Wildman–Crippen MR) is 146 cm³/mol. The van der Waals surface area contributed by atoms with Crippen LogP contribution >= 0.6 is 15.9 Å². The van der Waals surface area contributed by atoms with Crippen molar-refractivity contribution in [2.45, 2.75) is 25.8 Å². The topological polar surface area (TPSA) is 45.6 Å². The second-order valence-corrected chi connectivity index (χ2v) is 9.87. The number of nitrogens with zero attached hydrogens (tertiary/aromatic N) is 3. The smallest absolute Gasteiger partial charge is 0.254 e. The number of carbonyl (C=O) groups excluding carboxylic acids is 2. The number of anilines is 1. The first kappa shape index (κ1) is 24.1. The molecule has 2 heterocycles. The molecule has 2 amide bonds. The summed E-state index contributed by atoms with van der Waals surface area (Å²) in [7, 11) is 0. The Bertz CT molecular complexity index is 1360. The fraction of sp³-hybridized carbons (Fsp3) is 0.200. The van der Waals surface area contributed by atoms with Crippen LogP contribution in [0.1, 0.15) is 47.4 Å². The van der Waals surface area contributed by atoms with Gasteiger partial charge in [-0.3, -0.25) is 14.5 Å². The average Bonchev–Trinajstić information content (AvgIpc) is 3.41. The summed E-state index contributed by atoms with van der Waals surface area (Å²) in [6.45, 7) is 2.62. The van der Waals surface area contributed by atoms with Crippen LogP contribution in [0.5, 0.6) is 0 Å². The van der Waals surface area contributed by atoms with Crippen LogP contribution in [0.4, 0.5) is 5.69 Å². The minimum Gasteiger partial charge on any atom is -0.329 e. The molecule has 1 aliphatic heterocycles. The lowest BCUT2D eigenvalue weighted by molar-refractivity contribution is -0.119. The van der Waals surface area contributed by atoms with Gasteiger partial charge < -0.3 is 9.47 Å². The molecule has 1 aromatic heterocycles. The summed E-state index contributed by atoms with van der Waals surface area (Å²) in [4.78, 5) is 31.2. The molecule has 0 saturated heterocycles. The highest BCUT2D eigenvalue weighted by molar-refractivity contribution is 9.10. The van der Waals surface area contributed by atoms with Gasteiger partial charge in [0.05, 0.1) is 17.1 Å². The lowest BCUT2D eigenvalue weighted by Crippen LogP contribution is -2.47. The van der Waals surface area contributed by atoms with Gasteiger partial charge in [0.1, 0.15) is 12.6 Å². The van der Waals surface area contributed by atoms with Gasteiger partial charge in [-0.25, -0.2) is 0 Å². The van der Waals surface area contributed by atoms with E-state index in [9.17, 15) is 9.59 Å². The molecule has 0 fully saturated rings. The van der Waals surface area contributed by atoms with E-state index in [1.54, 1.807) is 17.0 Å². The number of carbonyl (C=O) groups is 2. The van der Waals surface area contributed by atoms with E-state index in [1.165, 1.54) is 0 Å². The first-order valence-corrected chi connectivity index (χ1v) is 13.1. The van der Waals surface area contributed by atoms with E-state index < -0.39 is 0 Å². The molecule has 0 N–H and O–H groups in total. The first-order chi connectivity index (χ1) is 17.6. The average molecular weight is 542 g/mol. The molecule has 0 bridgehead atoms. The van der Waals surface area contributed by atoms with E-state index in [0.717, 1.165) is 39.9 Å². The van der Waals surface area contributed by atoms with Crippen molar-refractivity contribution < 1.29 is 9.59 Å². The van der Waals surface area contributed by atoms with Crippen LogP contribution in [0.15, 0.2) is 102 Å². The summed E-state index contributed by atoms with van der Waals surface area (Å²) in [6, 6.07) is 29.1. The van der Waals surface area contributed by atoms with Crippen molar-refractivity contribution in [1.82, 2.24) is 9.47 Å². The van der Waals surface area contributed by atoms with Crippen LogP contribution in [-0.2, 0) is 4.79 Å². The van der Waals surface area contributed by atoms with Gasteiger partial charge in [0.25, 0.3) is 5.91 Å². The summed E-state index contributed by atoms with van der Waals surface area (Å²) >= 11 is 3.43. The zero-order valence-corrected chi connectivity index (χ0v) is 21.8. The van der Waals surface area contributed by atoms with Gasteiger partial charge in [0.15, 0.2) is 0 Å². The number of halogens is 1. The van der Waals surface area contributed by atoms with Crippen molar-refractivity contribution in [3.05, 3.63) is 118 Å². The van der Waals surface area contributed by atoms with E-state index >= 15 is 0 Å². The fourth-order valence-corrected chi connectivity index (χ4v) is 5.09. The summed E-state index contributed by atoms with van der Waals surface area (Å²) in [5.41, 5.74) is 4.42. The predicted octanol–water partition coefficient (Wildman–Crippen LogP) is 6.62. The molecule has 5 rings (SSSR count). The largest absolute Gasteiger partial charge is 0.329 e. The Hall–Kier alpha value is -3.64. The van der Waals surface area contributed by atoms with Crippen molar-refractivity contribution >= 4 is 33.4 Å². The molecular formula is C30H28BrN3O2. The van der Waals surface area contributed by atoms with E-state index in [1.807, 2.05) is 71.8 Å². The van der Waals surface area contributed by atoms with Gasteiger partial charge in [-0.05, 0) is 60.5 Å². The number of aromatic nitrogens is 1. The van der Waals surface area contributed by atoms with Gasteiger partial charge >= 0.3 is 0 Å². The monoisotopic (exact) mass is 541 g/mol. The number of benzene rings is 3. The molecule has 1 aliphatic rings. The van der Waals surface area contributed by atoms with Crippen molar-refractivity contribution in [3.8, 4) is 5.69 Å². The molecule has 6 heteroatoms. The van der Waals surface area contributed by atoms with Gasteiger partial charge in [-0.15, -0.1) is 0 Å².